The zero-order valence-electron chi connectivity index (χ0n) is 17.2. The highest BCUT2D eigenvalue weighted by molar-refractivity contribution is 6.00. The number of rotatable bonds is 7. The van der Waals surface area contributed by atoms with Gasteiger partial charge in [0.05, 0.1) is 29.9 Å². The Hall–Kier alpha value is -2.83. The van der Waals surface area contributed by atoms with Crippen LogP contribution in [0.5, 0.6) is 5.75 Å². The largest absolute Gasteiger partial charge is 0.496 e. The first-order valence-corrected chi connectivity index (χ1v) is 9.83. The van der Waals surface area contributed by atoms with Crippen molar-refractivity contribution < 1.29 is 9.53 Å². The van der Waals surface area contributed by atoms with Crippen LogP contribution in [0.15, 0.2) is 23.1 Å². The van der Waals surface area contributed by atoms with Gasteiger partial charge in [-0.2, -0.15) is 0 Å². The molecule has 28 heavy (non-hydrogen) atoms. The number of benzene rings is 1. The van der Waals surface area contributed by atoms with Crippen molar-refractivity contribution in [1.29, 1.82) is 0 Å². The molecule has 150 valence electrons. The molecular weight excluding hydrogens is 356 g/mol. The molecule has 0 spiro atoms. The van der Waals surface area contributed by atoms with Crippen LogP contribution >= 0.6 is 0 Å². The minimum absolute atomic E-state index is 0.132. The fourth-order valence-corrected chi connectivity index (χ4v) is 3.74. The fourth-order valence-electron chi connectivity index (χ4n) is 3.74. The normalized spacial score (nSPS) is 11.5. The fraction of sp³-hybridized carbons (Fsp3) is 0.476. The Morgan fingerprint density at radius 2 is 1.96 bits per heavy atom. The van der Waals surface area contributed by atoms with E-state index in [0.717, 1.165) is 30.6 Å². The number of carbonyl (C=O) groups excluding carboxylic acids is 1. The highest BCUT2D eigenvalue weighted by Gasteiger charge is 2.21. The van der Waals surface area contributed by atoms with Crippen LogP contribution in [0.2, 0.25) is 0 Å². The summed E-state index contributed by atoms with van der Waals surface area (Å²) < 4.78 is 7.44. The average Bonchev–Trinajstić information content (AvgIpc) is 3.13. The lowest BCUT2D eigenvalue weighted by Gasteiger charge is -2.19. The Morgan fingerprint density at radius 3 is 2.57 bits per heavy atom. The van der Waals surface area contributed by atoms with Gasteiger partial charge < -0.3 is 14.6 Å². The summed E-state index contributed by atoms with van der Waals surface area (Å²) in [6.45, 7) is 6.90. The van der Waals surface area contributed by atoms with Crippen molar-refractivity contribution in [3.63, 3.8) is 0 Å². The smallest absolute Gasteiger partial charge is 0.274 e. The van der Waals surface area contributed by atoms with Gasteiger partial charge in [0.15, 0.2) is 0 Å². The highest BCUT2D eigenvalue weighted by Crippen LogP contribution is 2.29. The first kappa shape index (κ1) is 19.9. The molecular formula is C21H28N4O3. The third-order valence-corrected chi connectivity index (χ3v) is 5.32. The quantitative estimate of drug-likeness (QED) is 0.675. The van der Waals surface area contributed by atoms with E-state index in [1.54, 1.807) is 31.3 Å². The SMILES string of the molecule is CCCN(C)C(=O)c1cc2[nH]c(=O)c3cnc(C(CC)CC)n3c2cc1OC. The number of carbonyl (C=O) groups is 1. The molecule has 2 heterocycles. The molecule has 1 N–H and O–H groups in total. The van der Waals surface area contributed by atoms with Gasteiger partial charge in [-0.3, -0.25) is 14.0 Å². The summed E-state index contributed by atoms with van der Waals surface area (Å²) in [7, 11) is 3.32. The van der Waals surface area contributed by atoms with Crippen LogP contribution in [-0.2, 0) is 0 Å². The molecule has 0 fully saturated rings. The number of amides is 1. The standard InChI is InChI=1S/C21H28N4O3/c1-6-9-24(4)21(27)14-10-15-16(11-18(14)28-5)25-17(20(26)23-15)12-22-19(25)13(7-2)8-3/h10-13H,6-9H2,1-5H3,(H,23,26). The number of ether oxygens (including phenoxy) is 1. The van der Waals surface area contributed by atoms with Crippen LogP contribution in [0.25, 0.3) is 16.6 Å². The molecule has 0 aliphatic heterocycles. The molecule has 3 rings (SSSR count). The van der Waals surface area contributed by atoms with Crippen LogP contribution in [-0.4, -0.2) is 45.9 Å². The lowest BCUT2D eigenvalue weighted by atomic mass is 10.0. The molecule has 0 radical (unpaired) electrons. The van der Waals surface area contributed by atoms with E-state index in [1.807, 2.05) is 17.4 Å². The van der Waals surface area contributed by atoms with Crippen LogP contribution in [0.4, 0.5) is 0 Å². The molecule has 0 bridgehead atoms. The third kappa shape index (κ3) is 3.25. The van der Waals surface area contributed by atoms with Crippen LogP contribution < -0.4 is 10.3 Å². The summed E-state index contributed by atoms with van der Waals surface area (Å²) >= 11 is 0. The number of fused-ring (bicyclic) bond motifs is 3. The Kier molecular flexibility index (Phi) is 5.72. The maximum atomic E-state index is 12.9. The van der Waals surface area contributed by atoms with Gasteiger partial charge in [-0.15, -0.1) is 0 Å². The predicted octanol–water partition coefficient (Wildman–Crippen LogP) is 3.57. The van der Waals surface area contributed by atoms with E-state index in [2.05, 4.69) is 23.8 Å². The van der Waals surface area contributed by atoms with Crippen molar-refractivity contribution >= 4 is 22.5 Å². The average molecular weight is 384 g/mol. The summed E-state index contributed by atoms with van der Waals surface area (Å²) in [5, 5.41) is 0. The summed E-state index contributed by atoms with van der Waals surface area (Å²) in [5.41, 5.74) is 2.09. The van der Waals surface area contributed by atoms with Gasteiger partial charge in [-0.25, -0.2) is 4.98 Å². The second-order valence-electron chi connectivity index (χ2n) is 7.10. The van der Waals surface area contributed by atoms with Crippen LogP contribution in [0, 0.1) is 0 Å². The molecule has 0 aliphatic rings. The van der Waals surface area contributed by atoms with Crippen molar-refractivity contribution in [2.75, 3.05) is 20.7 Å². The van der Waals surface area contributed by atoms with Gasteiger partial charge in [-0.1, -0.05) is 20.8 Å². The highest BCUT2D eigenvalue weighted by atomic mass is 16.5. The van der Waals surface area contributed by atoms with Gasteiger partial charge in [0.1, 0.15) is 17.1 Å². The second-order valence-corrected chi connectivity index (χ2v) is 7.10. The number of hydrogen-bond donors (Lipinski definition) is 1. The van der Waals surface area contributed by atoms with Crippen molar-refractivity contribution in [2.45, 2.75) is 46.0 Å². The lowest BCUT2D eigenvalue weighted by Crippen LogP contribution is -2.28. The number of hydrogen-bond acceptors (Lipinski definition) is 4. The Balaban J connectivity index is 2.31. The van der Waals surface area contributed by atoms with E-state index in [0.29, 0.717) is 28.9 Å². The Labute approximate surface area is 164 Å². The zero-order valence-corrected chi connectivity index (χ0v) is 17.2. The van der Waals surface area contributed by atoms with Gasteiger partial charge in [0.2, 0.25) is 0 Å². The van der Waals surface area contributed by atoms with Crippen molar-refractivity contribution in [1.82, 2.24) is 19.3 Å². The molecule has 0 unspecified atom stereocenters. The summed E-state index contributed by atoms with van der Waals surface area (Å²) in [6.07, 6.45) is 4.34. The Bertz CT molecular complexity index is 1060. The van der Waals surface area contributed by atoms with E-state index in [4.69, 9.17) is 4.74 Å². The van der Waals surface area contributed by atoms with Crippen LogP contribution in [0.3, 0.4) is 0 Å². The summed E-state index contributed by atoms with van der Waals surface area (Å²) in [5.74, 6) is 1.46. The third-order valence-electron chi connectivity index (χ3n) is 5.32. The minimum atomic E-state index is -0.220. The second kappa shape index (κ2) is 8.04. The molecule has 0 saturated carbocycles. The van der Waals surface area contributed by atoms with Gasteiger partial charge in [-0.05, 0) is 25.3 Å². The summed E-state index contributed by atoms with van der Waals surface area (Å²) in [4.78, 5) is 34.6. The number of aromatic nitrogens is 3. The van der Waals surface area contributed by atoms with E-state index in [-0.39, 0.29) is 17.4 Å². The lowest BCUT2D eigenvalue weighted by molar-refractivity contribution is 0.0792. The monoisotopic (exact) mass is 384 g/mol. The zero-order chi connectivity index (χ0) is 20.4. The predicted molar refractivity (Wildman–Crippen MR) is 110 cm³/mol. The Morgan fingerprint density at radius 1 is 1.25 bits per heavy atom. The van der Waals surface area contributed by atoms with Crippen molar-refractivity contribution in [3.05, 3.63) is 40.1 Å². The number of H-pyrrole nitrogens is 1. The van der Waals surface area contributed by atoms with E-state index in [9.17, 15) is 9.59 Å². The van der Waals surface area contributed by atoms with E-state index in [1.165, 1.54) is 0 Å². The maximum absolute atomic E-state index is 12.9. The number of nitrogens with zero attached hydrogens (tertiary/aromatic N) is 3. The first-order valence-electron chi connectivity index (χ1n) is 9.83. The molecule has 1 aromatic carbocycles. The number of methoxy groups -OCH3 is 1. The number of nitrogens with one attached hydrogen (secondary N) is 1. The number of aromatic amines is 1. The topological polar surface area (TPSA) is 79.7 Å². The molecule has 0 saturated heterocycles. The molecule has 1 amide bonds. The van der Waals surface area contributed by atoms with E-state index >= 15 is 0 Å². The van der Waals surface area contributed by atoms with Crippen molar-refractivity contribution in [3.8, 4) is 5.75 Å². The molecule has 7 nitrogen and oxygen atoms in total. The number of imidazole rings is 1. The minimum Gasteiger partial charge on any atom is -0.496 e. The van der Waals surface area contributed by atoms with Gasteiger partial charge in [0, 0.05) is 25.6 Å². The molecule has 3 aromatic rings. The molecule has 0 aliphatic carbocycles. The maximum Gasteiger partial charge on any atom is 0.274 e. The van der Waals surface area contributed by atoms with E-state index < -0.39 is 0 Å². The van der Waals surface area contributed by atoms with Crippen LogP contribution in [0.1, 0.15) is 62.1 Å². The molecule has 0 atom stereocenters. The molecule has 7 heteroatoms. The molecule has 2 aromatic heterocycles. The first-order chi connectivity index (χ1) is 13.5. The summed E-state index contributed by atoms with van der Waals surface area (Å²) in [6, 6.07) is 3.53. The van der Waals surface area contributed by atoms with Gasteiger partial charge in [0.25, 0.3) is 11.5 Å². The van der Waals surface area contributed by atoms with Gasteiger partial charge >= 0.3 is 0 Å². The van der Waals surface area contributed by atoms with Crippen molar-refractivity contribution in [2.24, 2.45) is 0 Å².